The number of hydrogen-bond acceptors (Lipinski definition) is 1. The van der Waals surface area contributed by atoms with E-state index < -0.39 is 0 Å². The summed E-state index contributed by atoms with van der Waals surface area (Å²) in [5.74, 6) is 0. The molecule has 74 valence electrons. The van der Waals surface area contributed by atoms with Crippen LogP contribution in [0.2, 0.25) is 0 Å². The molecular formula is C12H21N. The SMILES string of the molecule is CCCCCCCC/C=C/C[11C]#N. The van der Waals surface area contributed by atoms with Gasteiger partial charge in [0.15, 0.2) is 0 Å². The van der Waals surface area contributed by atoms with Gasteiger partial charge in [-0.05, 0) is 12.8 Å². The van der Waals surface area contributed by atoms with E-state index in [0.29, 0.717) is 6.42 Å². The highest BCUT2D eigenvalue weighted by Gasteiger charge is 1.87. The van der Waals surface area contributed by atoms with Crippen LogP contribution < -0.4 is 0 Å². The lowest BCUT2D eigenvalue weighted by Gasteiger charge is -1.97. The lowest BCUT2D eigenvalue weighted by molar-refractivity contribution is 0.611. The molecule has 1 heteroatoms. The normalized spacial score (nSPS) is 10.5. The lowest BCUT2D eigenvalue weighted by Crippen LogP contribution is -1.77. The Hall–Kier alpha value is -0.770. The van der Waals surface area contributed by atoms with E-state index in [-0.39, 0.29) is 0 Å². The van der Waals surface area contributed by atoms with E-state index in [4.69, 9.17) is 5.26 Å². The predicted octanol–water partition coefficient (Wildman–Crippen LogP) is 4.21. The van der Waals surface area contributed by atoms with Gasteiger partial charge in [0.2, 0.25) is 0 Å². The van der Waals surface area contributed by atoms with Gasteiger partial charge in [-0.1, -0.05) is 51.2 Å². The van der Waals surface area contributed by atoms with Crippen LogP contribution in [0.25, 0.3) is 0 Å². The first-order valence-corrected chi connectivity index (χ1v) is 5.43. The summed E-state index contributed by atoms with van der Waals surface area (Å²) in [5.41, 5.74) is 0. The molecule has 0 aromatic heterocycles. The maximum absolute atomic E-state index is 8.26. The summed E-state index contributed by atoms with van der Waals surface area (Å²) in [4.78, 5) is 0. The van der Waals surface area contributed by atoms with E-state index in [0.717, 1.165) is 6.42 Å². The molecule has 0 unspecified atom stereocenters. The maximum Gasteiger partial charge on any atom is 0.0663 e. The van der Waals surface area contributed by atoms with Crippen LogP contribution in [0.5, 0.6) is 0 Å². The van der Waals surface area contributed by atoms with Crippen molar-refractivity contribution in [3.8, 4) is 6.07 Å². The van der Waals surface area contributed by atoms with Gasteiger partial charge < -0.3 is 0 Å². The quantitative estimate of drug-likeness (QED) is 0.403. The van der Waals surface area contributed by atoms with Crippen molar-refractivity contribution >= 4 is 0 Å². The molecule has 0 saturated heterocycles. The molecule has 0 aromatic carbocycles. The van der Waals surface area contributed by atoms with Crippen LogP contribution in [-0.4, -0.2) is 0 Å². The lowest BCUT2D eigenvalue weighted by atomic mass is 10.1. The highest BCUT2D eigenvalue weighted by Crippen LogP contribution is 2.07. The molecule has 0 amide bonds. The molecular weight excluding hydrogens is 157 g/mol. The molecule has 0 spiro atoms. The third-order valence-corrected chi connectivity index (χ3v) is 2.10. The van der Waals surface area contributed by atoms with Crippen LogP contribution in [0.3, 0.4) is 0 Å². The molecule has 0 heterocycles. The number of unbranched alkanes of at least 4 members (excludes halogenated alkanes) is 6. The van der Waals surface area contributed by atoms with Gasteiger partial charge in [0.1, 0.15) is 0 Å². The van der Waals surface area contributed by atoms with Crippen molar-refractivity contribution in [2.45, 2.75) is 58.3 Å². The fraction of sp³-hybridized carbons (Fsp3) is 0.750. The Labute approximate surface area is 82.5 Å². The Balaban J connectivity index is 2.96. The van der Waals surface area contributed by atoms with E-state index in [1.807, 2.05) is 6.08 Å². The van der Waals surface area contributed by atoms with Gasteiger partial charge in [-0.3, -0.25) is 0 Å². The van der Waals surface area contributed by atoms with Crippen molar-refractivity contribution < 1.29 is 0 Å². The summed E-state index contributed by atoms with van der Waals surface area (Å²) in [6.45, 7) is 2.24. The average Bonchev–Trinajstić information content (AvgIpc) is 2.16. The van der Waals surface area contributed by atoms with Gasteiger partial charge >= 0.3 is 0 Å². The average molecular weight is 178 g/mol. The summed E-state index contributed by atoms with van der Waals surface area (Å²) < 4.78 is 0. The van der Waals surface area contributed by atoms with Gasteiger partial charge in [-0.2, -0.15) is 5.26 Å². The van der Waals surface area contributed by atoms with Gasteiger partial charge in [0.05, 0.1) is 12.5 Å². The Morgan fingerprint density at radius 3 is 2.38 bits per heavy atom. The highest BCUT2D eigenvalue weighted by atomic mass is 14.1. The zero-order chi connectivity index (χ0) is 9.78. The molecule has 0 rings (SSSR count). The van der Waals surface area contributed by atoms with Crippen LogP contribution in [0.4, 0.5) is 0 Å². The van der Waals surface area contributed by atoms with Crippen LogP contribution >= 0.6 is 0 Å². The van der Waals surface area contributed by atoms with Crippen molar-refractivity contribution in [1.29, 1.82) is 5.26 Å². The fourth-order valence-electron chi connectivity index (χ4n) is 1.30. The highest BCUT2D eigenvalue weighted by molar-refractivity contribution is 4.90. The van der Waals surface area contributed by atoms with Gasteiger partial charge in [-0.25, -0.2) is 0 Å². The summed E-state index contributed by atoms with van der Waals surface area (Å²) in [5, 5.41) is 8.26. The summed E-state index contributed by atoms with van der Waals surface area (Å²) in [6.07, 6.45) is 13.9. The molecule has 0 atom stereocenters. The van der Waals surface area contributed by atoms with Crippen molar-refractivity contribution in [2.75, 3.05) is 0 Å². The molecule has 1 nitrogen and oxygen atoms in total. The van der Waals surface area contributed by atoms with E-state index in [2.05, 4.69) is 19.1 Å². The van der Waals surface area contributed by atoms with Gasteiger partial charge in [0, 0.05) is 0 Å². The standard InChI is InChI=1S/C12H21N/c1-2-3-4-5-6-7-8-9-10-11-12-13/h9-10H,2-8,11H2,1H3/b10-9+/i12-1. The van der Waals surface area contributed by atoms with E-state index in [1.54, 1.807) is 0 Å². The van der Waals surface area contributed by atoms with Gasteiger partial charge in [0.25, 0.3) is 0 Å². The first-order valence-electron chi connectivity index (χ1n) is 5.43. The second-order valence-electron chi connectivity index (χ2n) is 3.39. The number of rotatable bonds is 8. The number of allylic oxidation sites excluding steroid dienone is 2. The second-order valence-corrected chi connectivity index (χ2v) is 3.39. The Morgan fingerprint density at radius 1 is 1.00 bits per heavy atom. The molecule has 0 aliphatic carbocycles. The molecule has 0 aliphatic heterocycles. The van der Waals surface area contributed by atoms with Crippen LogP contribution in [0.1, 0.15) is 58.3 Å². The molecule has 0 bridgehead atoms. The van der Waals surface area contributed by atoms with Crippen LogP contribution in [0.15, 0.2) is 12.2 Å². The summed E-state index contributed by atoms with van der Waals surface area (Å²) in [6, 6.07) is 2.10. The van der Waals surface area contributed by atoms with Crippen molar-refractivity contribution in [3.63, 3.8) is 0 Å². The monoisotopic (exact) mass is 178 g/mol. The first kappa shape index (κ1) is 12.2. The molecule has 0 saturated carbocycles. The predicted molar refractivity (Wildman–Crippen MR) is 57.4 cm³/mol. The number of nitrogens with zero attached hydrogens (tertiary/aromatic N) is 1. The Kier molecular flexibility index (Phi) is 10.6. The smallest absolute Gasteiger partial charge is 0.0663 e. The topological polar surface area (TPSA) is 23.8 Å². The Bertz CT molecular complexity index is 153. The molecule has 0 aliphatic rings. The molecule has 0 aromatic rings. The van der Waals surface area contributed by atoms with Crippen LogP contribution in [0, 0.1) is 11.3 Å². The van der Waals surface area contributed by atoms with E-state index >= 15 is 0 Å². The Morgan fingerprint density at radius 2 is 1.69 bits per heavy atom. The van der Waals surface area contributed by atoms with Crippen molar-refractivity contribution in [1.82, 2.24) is 0 Å². The zero-order valence-electron chi connectivity index (χ0n) is 8.76. The molecule has 13 heavy (non-hydrogen) atoms. The van der Waals surface area contributed by atoms with Crippen LogP contribution in [-0.2, 0) is 0 Å². The maximum atomic E-state index is 8.26. The largest absolute Gasteiger partial charge is 0.198 e. The first-order chi connectivity index (χ1) is 6.41. The molecule has 0 fully saturated rings. The molecule has 0 N–H and O–H groups in total. The second kappa shape index (κ2) is 11.2. The minimum absolute atomic E-state index is 0.565. The summed E-state index contributed by atoms with van der Waals surface area (Å²) in [7, 11) is 0. The minimum atomic E-state index is 0.565. The zero-order valence-corrected chi connectivity index (χ0v) is 8.76. The van der Waals surface area contributed by atoms with E-state index in [9.17, 15) is 0 Å². The third-order valence-electron chi connectivity index (χ3n) is 2.10. The molecule has 0 radical (unpaired) electrons. The number of hydrogen-bond donors (Lipinski definition) is 0. The fourth-order valence-corrected chi connectivity index (χ4v) is 1.30. The number of nitriles is 1. The third kappa shape index (κ3) is 11.2. The minimum Gasteiger partial charge on any atom is -0.198 e. The van der Waals surface area contributed by atoms with Gasteiger partial charge in [-0.15, -0.1) is 0 Å². The van der Waals surface area contributed by atoms with Crippen molar-refractivity contribution in [3.05, 3.63) is 12.2 Å². The summed E-state index contributed by atoms with van der Waals surface area (Å²) >= 11 is 0. The van der Waals surface area contributed by atoms with E-state index in [1.165, 1.54) is 38.5 Å². The van der Waals surface area contributed by atoms with Crippen molar-refractivity contribution in [2.24, 2.45) is 0 Å².